The zero-order valence-corrected chi connectivity index (χ0v) is 16.9. The molecule has 4 rings (SSSR count). The van der Waals surface area contributed by atoms with Crippen LogP contribution in [0.25, 0.3) is 21.3 Å². The second kappa shape index (κ2) is 8.55. The molecule has 1 aliphatic carbocycles. The molecular formula is C21H25ClN3OS+. The van der Waals surface area contributed by atoms with Gasteiger partial charge in [-0.25, -0.2) is 4.98 Å². The maximum Gasteiger partial charge on any atom is 0.260 e. The van der Waals surface area contributed by atoms with E-state index in [1.54, 1.807) is 0 Å². The van der Waals surface area contributed by atoms with Gasteiger partial charge in [-0.2, -0.15) is 0 Å². The molecule has 2 heterocycles. The van der Waals surface area contributed by atoms with E-state index in [1.807, 2.05) is 29.6 Å². The zero-order valence-electron chi connectivity index (χ0n) is 15.3. The van der Waals surface area contributed by atoms with Crippen LogP contribution in [0.1, 0.15) is 50.8 Å². The monoisotopic (exact) mass is 402 g/mol. The molecule has 2 aromatic heterocycles. The van der Waals surface area contributed by atoms with Crippen molar-refractivity contribution in [2.75, 3.05) is 0 Å². The normalized spacial score (nSPS) is 16.3. The summed E-state index contributed by atoms with van der Waals surface area (Å²) in [6.45, 7) is 0.731. The number of nitrogens with two attached hydrogens (primary N) is 1. The van der Waals surface area contributed by atoms with E-state index in [4.69, 9.17) is 16.6 Å². The first-order valence-corrected chi connectivity index (χ1v) is 11.1. The first kappa shape index (κ1) is 18.7. The lowest BCUT2D eigenvalue weighted by Crippen LogP contribution is -2.88. The average molecular weight is 403 g/mol. The van der Waals surface area contributed by atoms with E-state index >= 15 is 0 Å². The highest BCUT2D eigenvalue weighted by molar-refractivity contribution is 7.17. The largest absolute Gasteiger partial charge is 0.338 e. The molecule has 1 aliphatic rings. The summed E-state index contributed by atoms with van der Waals surface area (Å²) in [7, 11) is 0. The smallest absolute Gasteiger partial charge is 0.260 e. The fraction of sp³-hybridized carbons (Fsp3) is 0.429. The van der Waals surface area contributed by atoms with Crippen molar-refractivity contribution in [3.63, 3.8) is 0 Å². The second-order valence-corrected chi connectivity index (χ2v) is 8.63. The predicted molar refractivity (Wildman–Crippen MR) is 112 cm³/mol. The first-order valence-electron chi connectivity index (χ1n) is 9.81. The molecule has 0 unspecified atom stereocenters. The van der Waals surface area contributed by atoms with Crippen LogP contribution >= 0.6 is 22.9 Å². The lowest BCUT2D eigenvalue weighted by atomic mass is 9.97. The molecule has 0 spiro atoms. The molecule has 3 aromatic rings. The van der Waals surface area contributed by atoms with Crippen LogP contribution in [0, 0.1) is 0 Å². The molecular weight excluding hydrogens is 378 g/mol. The van der Waals surface area contributed by atoms with Gasteiger partial charge in [-0.3, -0.25) is 4.79 Å². The van der Waals surface area contributed by atoms with E-state index in [9.17, 15) is 4.79 Å². The Hall–Kier alpha value is -1.69. The molecule has 1 fully saturated rings. The molecule has 0 amide bonds. The third kappa shape index (κ3) is 4.26. The fourth-order valence-corrected chi connectivity index (χ4v) is 5.16. The summed E-state index contributed by atoms with van der Waals surface area (Å²) in [4.78, 5) is 21.3. The molecule has 1 aromatic carbocycles. The summed E-state index contributed by atoms with van der Waals surface area (Å²) in [5.41, 5.74) is 1.67. The van der Waals surface area contributed by atoms with Gasteiger partial charge in [0.15, 0.2) is 5.82 Å². The van der Waals surface area contributed by atoms with Gasteiger partial charge in [0, 0.05) is 21.5 Å². The van der Waals surface area contributed by atoms with Crippen LogP contribution in [0.5, 0.6) is 0 Å². The van der Waals surface area contributed by atoms with Gasteiger partial charge in [0.05, 0.1) is 11.4 Å². The molecule has 0 radical (unpaired) electrons. The van der Waals surface area contributed by atoms with Crippen LogP contribution in [-0.2, 0) is 6.54 Å². The van der Waals surface area contributed by atoms with E-state index in [1.165, 1.54) is 56.3 Å². The van der Waals surface area contributed by atoms with Crippen molar-refractivity contribution in [3.8, 4) is 11.1 Å². The van der Waals surface area contributed by atoms with Crippen LogP contribution in [0.3, 0.4) is 0 Å². The Balaban J connectivity index is 1.56. The Morgan fingerprint density at radius 3 is 2.63 bits per heavy atom. The highest BCUT2D eigenvalue weighted by atomic mass is 35.5. The Morgan fingerprint density at radius 1 is 1.11 bits per heavy atom. The number of hydrogen-bond donors (Lipinski definition) is 2. The SMILES string of the molecule is O=c1[nH]c(C[NH2+]C2CCCCCCC2)nc2scc(-c3ccccc3Cl)c12. The summed E-state index contributed by atoms with van der Waals surface area (Å²) >= 11 is 7.84. The molecule has 0 bridgehead atoms. The number of benzene rings is 1. The fourth-order valence-electron chi connectivity index (χ4n) is 3.97. The van der Waals surface area contributed by atoms with Crippen molar-refractivity contribution in [2.24, 2.45) is 0 Å². The molecule has 0 aliphatic heterocycles. The number of hydrogen-bond acceptors (Lipinski definition) is 3. The number of nitrogens with zero attached hydrogens (tertiary/aromatic N) is 1. The number of thiophene rings is 1. The van der Waals surface area contributed by atoms with Crippen molar-refractivity contribution in [2.45, 2.75) is 57.5 Å². The highest BCUT2D eigenvalue weighted by Crippen LogP contribution is 2.34. The van der Waals surface area contributed by atoms with E-state index in [2.05, 4.69) is 10.3 Å². The number of H-pyrrole nitrogens is 1. The number of halogens is 1. The number of nitrogens with one attached hydrogen (secondary N) is 1. The minimum Gasteiger partial charge on any atom is -0.338 e. The minimum atomic E-state index is -0.0720. The third-order valence-electron chi connectivity index (χ3n) is 5.45. The van der Waals surface area contributed by atoms with Crippen LogP contribution in [0.15, 0.2) is 34.4 Å². The molecule has 4 nitrogen and oxygen atoms in total. The van der Waals surface area contributed by atoms with Gasteiger partial charge in [0.2, 0.25) is 0 Å². The van der Waals surface area contributed by atoms with Crippen molar-refractivity contribution >= 4 is 33.2 Å². The van der Waals surface area contributed by atoms with E-state index < -0.39 is 0 Å². The molecule has 27 heavy (non-hydrogen) atoms. The second-order valence-electron chi connectivity index (χ2n) is 7.37. The van der Waals surface area contributed by atoms with E-state index in [0.29, 0.717) is 16.5 Å². The van der Waals surface area contributed by atoms with Gasteiger partial charge in [-0.1, -0.05) is 49.1 Å². The number of rotatable bonds is 4. The molecule has 0 saturated heterocycles. The lowest BCUT2D eigenvalue weighted by molar-refractivity contribution is -0.706. The van der Waals surface area contributed by atoms with Crippen molar-refractivity contribution < 1.29 is 5.32 Å². The molecule has 142 valence electrons. The van der Waals surface area contributed by atoms with E-state index in [0.717, 1.165) is 28.3 Å². The number of aromatic amines is 1. The maximum absolute atomic E-state index is 12.8. The number of quaternary nitrogens is 1. The van der Waals surface area contributed by atoms with Crippen molar-refractivity contribution in [1.82, 2.24) is 9.97 Å². The predicted octanol–water partition coefficient (Wildman–Crippen LogP) is 4.48. The van der Waals surface area contributed by atoms with Gasteiger partial charge in [0.1, 0.15) is 11.4 Å². The average Bonchev–Trinajstić information content (AvgIpc) is 3.05. The molecule has 1 saturated carbocycles. The van der Waals surface area contributed by atoms with Crippen LogP contribution in [0.2, 0.25) is 5.02 Å². The summed E-state index contributed by atoms with van der Waals surface area (Å²) in [6.07, 6.45) is 9.25. The van der Waals surface area contributed by atoms with Gasteiger partial charge in [0.25, 0.3) is 5.56 Å². The summed E-state index contributed by atoms with van der Waals surface area (Å²) in [6, 6.07) is 8.27. The Labute approximate surface area is 168 Å². The van der Waals surface area contributed by atoms with Crippen LogP contribution in [-0.4, -0.2) is 16.0 Å². The third-order valence-corrected chi connectivity index (χ3v) is 6.65. The molecule has 3 N–H and O–H groups in total. The molecule has 6 heteroatoms. The standard InChI is InChI=1S/C21H24ClN3OS/c22-17-11-7-6-10-15(17)16-13-27-21-19(16)20(26)24-18(25-21)12-23-14-8-4-2-1-3-5-9-14/h6-7,10-11,13-14,23H,1-5,8-9,12H2,(H,24,25,26)/p+1. The lowest BCUT2D eigenvalue weighted by Gasteiger charge is -2.17. The maximum atomic E-state index is 12.8. The van der Waals surface area contributed by atoms with Crippen molar-refractivity contribution in [1.29, 1.82) is 0 Å². The first-order chi connectivity index (χ1) is 13.2. The minimum absolute atomic E-state index is 0.0720. The van der Waals surface area contributed by atoms with Gasteiger partial charge >= 0.3 is 0 Å². The quantitative estimate of drug-likeness (QED) is 0.675. The topological polar surface area (TPSA) is 62.4 Å². The van der Waals surface area contributed by atoms with Crippen molar-refractivity contribution in [3.05, 3.63) is 50.8 Å². The Morgan fingerprint density at radius 2 is 1.85 bits per heavy atom. The molecule has 0 atom stereocenters. The van der Waals surface area contributed by atoms with Gasteiger partial charge in [-0.05, 0) is 31.7 Å². The summed E-state index contributed by atoms with van der Waals surface area (Å²) in [5.74, 6) is 0.766. The summed E-state index contributed by atoms with van der Waals surface area (Å²) < 4.78 is 0. The van der Waals surface area contributed by atoms with Gasteiger partial charge in [-0.15, -0.1) is 11.3 Å². The zero-order chi connectivity index (χ0) is 18.6. The number of fused-ring (bicyclic) bond motifs is 1. The van der Waals surface area contributed by atoms with Gasteiger partial charge < -0.3 is 10.3 Å². The van der Waals surface area contributed by atoms with E-state index in [-0.39, 0.29) is 5.56 Å². The van der Waals surface area contributed by atoms with Crippen LogP contribution in [0.4, 0.5) is 0 Å². The summed E-state index contributed by atoms with van der Waals surface area (Å²) in [5, 5.41) is 5.63. The number of aromatic nitrogens is 2. The van der Waals surface area contributed by atoms with Crippen LogP contribution < -0.4 is 10.9 Å². The Bertz CT molecular complexity index is 973. The Kier molecular flexibility index (Phi) is 5.91. The highest BCUT2D eigenvalue weighted by Gasteiger charge is 2.17.